The summed E-state index contributed by atoms with van der Waals surface area (Å²) in [6.45, 7) is 0.643. The number of nitrogens with one attached hydrogen (secondary N) is 1. The molecule has 1 saturated heterocycles. The highest BCUT2D eigenvalue weighted by Gasteiger charge is 2.45. The van der Waals surface area contributed by atoms with Gasteiger partial charge in [0.05, 0.1) is 5.92 Å². The van der Waals surface area contributed by atoms with Crippen LogP contribution in [0.2, 0.25) is 0 Å². The van der Waals surface area contributed by atoms with Crippen molar-refractivity contribution in [3.63, 3.8) is 0 Å². The van der Waals surface area contributed by atoms with Gasteiger partial charge in [0, 0.05) is 6.04 Å². The third kappa shape index (κ3) is 2.52. The van der Waals surface area contributed by atoms with Crippen LogP contribution in [0.5, 0.6) is 0 Å². The molecule has 3 rings (SSSR count). The number of alkyl halides is 3. The zero-order valence-corrected chi connectivity index (χ0v) is 11.0. The molecule has 1 heterocycles. The molecule has 2 aromatic carbocycles. The average Bonchev–Trinajstić information content (AvgIpc) is 2.46. The minimum Gasteiger partial charge on any atom is -0.309 e. The van der Waals surface area contributed by atoms with Gasteiger partial charge in [-0.15, -0.1) is 0 Å². The van der Waals surface area contributed by atoms with Crippen LogP contribution in [0.25, 0.3) is 10.8 Å². The van der Waals surface area contributed by atoms with Crippen molar-refractivity contribution in [1.82, 2.24) is 5.32 Å². The summed E-state index contributed by atoms with van der Waals surface area (Å²) in [5, 5.41) is 5.07. The molecule has 0 amide bonds. The zero-order valence-electron chi connectivity index (χ0n) is 11.0. The van der Waals surface area contributed by atoms with Gasteiger partial charge in [0.1, 0.15) is 0 Å². The third-order valence-electron chi connectivity index (χ3n) is 4.01. The molecular weight excluding hydrogens is 263 g/mol. The van der Waals surface area contributed by atoms with E-state index in [1.54, 1.807) is 0 Å². The van der Waals surface area contributed by atoms with Crippen LogP contribution in [0.15, 0.2) is 42.5 Å². The second kappa shape index (κ2) is 5.09. The molecule has 20 heavy (non-hydrogen) atoms. The number of halogens is 3. The van der Waals surface area contributed by atoms with Crippen molar-refractivity contribution in [2.24, 2.45) is 5.92 Å². The maximum atomic E-state index is 13.2. The topological polar surface area (TPSA) is 12.0 Å². The molecule has 106 valence electrons. The molecule has 1 nitrogen and oxygen atoms in total. The summed E-state index contributed by atoms with van der Waals surface area (Å²) in [6, 6.07) is 12.7. The van der Waals surface area contributed by atoms with Gasteiger partial charge in [-0.05, 0) is 41.8 Å². The number of hydrogen-bond acceptors (Lipinski definition) is 1. The largest absolute Gasteiger partial charge is 0.393 e. The SMILES string of the molecule is FC(F)(F)C1CCCNC1c1ccc2ccccc2c1. The number of benzene rings is 2. The van der Waals surface area contributed by atoms with Crippen molar-refractivity contribution in [2.75, 3.05) is 6.54 Å². The van der Waals surface area contributed by atoms with Crippen molar-refractivity contribution in [3.05, 3.63) is 48.0 Å². The predicted molar refractivity (Wildman–Crippen MR) is 73.5 cm³/mol. The molecule has 0 saturated carbocycles. The Morgan fingerprint density at radius 3 is 2.50 bits per heavy atom. The van der Waals surface area contributed by atoms with Crippen LogP contribution in [0.4, 0.5) is 13.2 Å². The van der Waals surface area contributed by atoms with E-state index in [2.05, 4.69) is 5.32 Å². The molecule has 0 aromatic heterocycles. The van der Waals surface area contributed by atoms with E-state index < -0.39 is 18.1 Å². The lowest BCUT2D eigenvalue weighted by molar-refractivity contribution is -0.189. The minimum absolute atomic E-state index is 0.202. The van der Waals surface area contributed by atoms with E-state index in [4.69, 9.17) is 0 Å². The van der Waals surface area contributed by atoms with Crippen molar-refractivity contribution >= 4 is 10.8 Å². The molecule has 1 N–H and O–H groups in total. The van der Waals surface area contributed by atoms with Crippen molar-refractivity contribution in [3.8, 4) is 0 Å². The number of piperidine rings is 1. The van der Waals surface area contributed by atoms with Gasteiger partial charge < -0.3 is 5.32 Å². The summed E-state index contributed by atoms with van der Waals surface area (Å²) in [6.07, 6.45) is -3.37. The van der Waals surface area contributed by atoms with Gasteiger partial charge in [-0.2, -0.15) is 13.2 Å². The number of rotatable bonds is 1. The van der Waals surface area contributed by atoms with E-state index in [0.29, 0.717) is 13.0 Å². The summed E-state index contributed by atoms with van der Waals surface area (Å²) in [4.78, 5) is 0. The van der Waals surface area contributed by atoms with Gasteiger partial charge in [-0.3, -0.25) is 0 Å². The molecule has 0 spiro atoms. The van der Waals surface area contributed by atoms with Crippen molar-refractivity contribution < 1.29 is 13.2 Å². The predicted octanol–water partition coefficient (Wildman–Crippen LogP) is 4.44. The molecule has 4 heteroatoms. The Balaban J connectivity index is 1.99. The Hall–Kier alpha value is -1.55. The van der Waals surface area contributed by atoms with Gasteiger partial charge in [0.15, 0.2) is 0 Å². The van der Waals surface area contributed by atoms with Crippen LogP contribution in [-0.4, -0.2) is 12.7 Å². The normalized spacial score (nSPS) is 23.9. The lowest BCUT2D eigenvalue weighted by Gasteiger charge is -2.34. The first kappa shape index (κ1) is 13.4. The number of hydrogen-bond donors (Lipinski definition) is 1. The maximum Gasteiger partial charge on any atom is 0.393 e. The molecule has 0 bridgehead atoms. The highest BCUT2D eigenvalue weighted by atomic mass is 19.4. The Kier molecular flexibility index (Phi) is 3.42. The summed E-state index contributed by atoms with van der Waals surface area (Å²) < 4.78 is 39.5. The maximum absolute atomic E-state index is 13.2. The van der Waals surface area contributed by atoms with Gasteiger partial charge in [0.25, 0.3) is 0 Å². The Labute approximate surface area is 115 Å². The van der Waals surface area contributed by atoms with Crippen LogP contribution >= 0.6 is 0 Å². The fourth-order valence-electron chi connectivity index (χ4n) is 2.99. The Morgan fingerprint density at radius 1 is 1.00 bits per heavy atom. The van der Waals surface area contributed by atoms with Crippen molar-refractivity contribution in [1.29, 1.82) is 0 Å². The molecule has 0 radical (unpaired) electrons. The van der Waals surface area contributed by atoms with Gasteiger partial charge >= 0.3 is 6.18 Å². The molecule has 2 unspecified atom stereocenters. The monoisotopic (exact) mass is 279 g/mol. The fraction of sp³-hybridized carbons (Fsp3) is 0.375. The molecule has 2 aromatic rings. The standard InChI is InChI=1S/C16H16F3N/c17-16(18,19)14-6-3-9-20-15(14)13-8-7-11-4-1-2-5-12(11)10-13/h1-2,4-5,7-8,10,14-15,20H,3,6,9H2. The first-order chi connectivity index (χ1) is 9.55. The number of fused-ring (bicyclic) bond motifs is 1. The summed E-state index contributed by atoms with van der Waals surface area (Å²) in [7, 11) is 0. The van der Waals surface area contributed by atoms with E-state index in [1.807, 2.05) is 42.5 Å². The quantitative estimate of drug-likeness (QED) is 0.813. The Bertz CT molecular complexity index is 606. The molecule has 1 aliphatic heterocycles. The fourth-order valence-corrected chi connectivity index (χ4v) is 2.99. The second-order valence-electron chi connectivity index (χ2n) is 5.33. The van der Waals surface area contributed by atoms with Crippen molar-refractivity contribution in [2.45, 2.75) is 25.1 Å². The van der Waals surface area contributed by atoms with E-state index in [-0.39, 0.29) is 6.42 Å². The highest BCUT2D eigenvalue weighted by molar-refractivity contribution is 5.83. The van der Waals surface area contributed by atoms with E-state index in [0.717, 1.165) is 16.3 Å². The summed E-state index contributed by atoms with van der Waals surface area (Å²) in [5.74, 6) is -1.29. The lowest BCUT2D eigenvalue weighted by Crippen LogP contribution is -2.41. The van der Waals surface area contributed by atoms with Crippen LogP contribution in [0, 0.1) is 5.92 Å². The van der Waals surface area contributed by atoms with Gasteiger partial charge in [-0.25, -0.2) is 0 Å². The lowest BCUT2D eigenvalue weighted by atomic mass is 9.85. The van der Waals surface area contributed by atoms with Crippen LogP contribution < -0.4 is 5.32 Å². The van der Waals surface area contributed by atoms with E-state index in [9.17, 15) is 13.2 Å². The third-order valence-corrected chi connectivity index (χ3v) is 4.01. The molecular formula is C16H16F3N. The molecule has 0 aliphatic carbocycles. The summed E-state index contributed by atoms with van der Waals surface area (Å²) >= 11 is 0. The van der Waals surface area contributed by atoms with Gasteiger partial charge in [0.2, 0.25) is 0 Å². The minimum atomic E-state index is -4.15. The molecule has 2 atom stereocenters. The second-order valence-corrected chi connectivity index (χ2v) is 5.33. The van der Waals surface area contributed by atoms with Gasteiger partial charge in [-0.1, -0.05) is 36.4 Å². The van der Waals surface area contributed by atoms with E-state index >= 15 is 0 Å². The highest BCUT2D eigenvalue weighted by Crippen LogP contribution is 2.41. The van der Waals surface area contributed by atoms with Crippen LogP contribution in [-0.2, 0) is 0 Å². The molecule has 1 fully saturated rings. The smallest absolute Gasteiger partial charge is 0.309 e. The average molecular weight is 279 g/mol. The summed E-state index contributed by atoms with van der Waals surface area (Å²) in [5.41, 5.74) is 0.728. The first-order valence-electron chi connectivity index (χ1n) is 6.84. The van der Waals surface area contributed by atoms with Crippen LogP contribution in [0.1, 0.15) is 24.4 Å². The van der Waals surface area contributed by atoms with Crippen LogP contribution in [0.3, 0.4) is 0 Å². The zero-order chi connectivity index (χ0) is 14.2. The molecule has 1 aliphatic rings. The first-order valence-corrected chi connectivity index (χ1v) is 6.84. The van der Waals surface area contributed by atoms with E-state index in [1.165, 1.54) is 0 Å². The Morgan fingerprint density at radius 2 is 1.75 bits per heavy atom.